The molecule has 0 aromatic carbocycles. The first-order chi connectivity index (χ1) is 8.63. The first-order valence-corrected chi connectivity index (χ1v) is 6.86. The lowest BCUT2D eigenvalue weighted by atomic mass is 10.1. The Bertz CT molecular complexity index is 275. The normalized spacial score (nSPS) is 17.4. The zero-order chi connectivity index (χ0) is 13.4. The van der Waals surface area contributed by atoms with Crippen LogP contribution in [0.15, 0.2) is 0 Å². The largest absolute Gasteiger partial charge is 0.391 e. The van der Waals surface area contributed by atoms with Crippen LogP contribution in [0.1, 0.15) is 45.4 Å². The van der Waals surface area contributed by atoms with Crippen LogP contribution in [-0.4, -0.2) is 36.1 Å². The van der Waals surface area contributed by atoms with Crippen molar-refractivity contribution in [2.75, 3.05) is 13.1 Å². The van der Waals surface area contributed by atoms with Crippen molar-refractivity contribution in [3.8, 4) is 0 Å². The highest BCUT2D eigenvalue weighted by Gasteiger charge is 2.22. The maximum absolute atomic E-state index is 11.6. The summed E-state index contributed by atoms with van der Waals surface area (Å²) in [5.41, 5.74) is 0. The molecule has 0 aliphatic heterocycles. The van der Waals surface area contributed by atoms with Crippen molar-refractivity contribution in [3.05, 3.63) is 0 Å². The van der Waals surface area contributed by atoms with Gasteiger partial charge in [0.2, 0.25) is 11.8 Å². The summed E-state index contributed by atoms with van der Waals surface area (Å²) >= 11 is 0. The first-order valence-electron chi connectivity index (χ1n) is 6.86. The third kappa shape index (κ3) is 5.49. The van der Waals surface area contributed by atoms with Gasteiger partial charge in [-0.2, -0.15) is 0 Å². The zero-order valence-electron chi connectivity index (χ0n) is 11.1. The van der Waals surface area contributed by atoms with Gasteiger partial charge in [-0.1, -0.05) is 26.2 Å². The van der Waals surface area contributed by atoms with Crippen molar-refractivity contribution in [1.29, 1.82) is 0 Å². The standard InChI is InChI=1S/C13H24N2O3/c1-2-5-11(16)8-14-12(17)9-15-13(18)10-6-3-4-7-10/h10-11,16H,2-9H2,1H3,(H,14,17)(H,15,18). The van der Waals surface area contributed by atoms with Crippen molar-refractivity contribution in [1.82, 2.24) is 10.6 Å². The highest BCUT2D eigenvalue weighted by atomic mass is 16.3. The van der Waals surface area contributed by atoms with Crippen molar-refractivity contribution in [2.45, 2.75) is 51.6 Å². The summed E-state index contributed by atoms with van der Waals surface area (Å²) in [7, 11) is 0. The summed E-state index contributed by atoms with van der Waals surface area (Å²) in [6, 6.07) is 0. The van der Waals surface area contributed by atoms with Crippen LogP contribution in [0.3, 0.4) is 0 Å². The molecule has 1 rings (SSSR count). The van der Waals surface area contributed by atoms with Gasteiger partial charge in [-0.15, -0.1) is 0 Å². The molecule has 2 amide bonds. The number of aliphatic hydroxyl groups excluding tert-OH is 1. The Morgan fingerprint density at radius 3 is 2.56 bits per heavy atom. The Balaban J connectivity index is 2.10. The highest BCUT2D eigenvalue weighted by Crippen LogP contribution is 2.24. The fourth-order valence-electron chi connectivity index (χ4n) is 2.23. The predicted molar refractivity (Wildman–Crippen MR) is 68.9 cm³/mol. The molecule has 1 atom stereocenters. The lowest BCUT2D eigenvalue weighted by Gasteiger charge is -2.12. The number of nitrogens with one attached hydrogen (secondary N) is 2. The molecule has 0 saturated heterocycles. The molecule has 1 aliphatic rings. The fraction of sp³-hybridized carbons (Fsp3) is 0.846. The van der Waals surface area contributed by atoms with Gasteiger partial charge in [0, 0.05) is 12.5 Å². The second-order valence-electron chi connectivity index (χ2n) is 4.95. The minimum atomic E-state index is -0.496. The van der Waals surface area contributed by atoms with E-state index < -0.39 is 6.10 Å². The molecule has 18 heavy (non-hydrogen) atoms. The molecule has 5 nitrogen and oxygen atoms in total. The topological polar surface area (TPSA) is 78.4 Å². The maximum atomic E-state index is 11.6. The average Bonchev–Trinajstić information content (AvgIpc) is 2.87. The third-order valence-electron chi connectivity index (χ3n) is 3.31. The number of aliphatic hydroxyl groups is 1. The Morgan fingerprint density at radius 1 is 1.28 bits per heavy atom. The van der Waals surface area contributed by atoms with Gasteiger partial charge in [-0.3, -0.25) is 9.59 Å². The molecular weight excluding hydrogens is 232 g/mol. The molecule has 0 heterocycles. The van der Waals surface area contributed by atoms with E-state index >= 15 is 0 Å². The van der Waals surface area contributed by atoms with Gasteiger partial charge in [0.05, 0.1) is 12.6 Å². The van der Waals surface area contributed by atoms with Crippen molar-refractivity contribution in [2.24, 2.45) is 5.92 Å². The van der Waals surface area contributed by atoms with Gasteiger partial charge in [-0.25, -0.2) is 0 Å². The Labute approximate surface area is 108 Å². The Hall–Kier alpha value is -1.10. The number of hydrogen-bond acceptors (Lipinski definition) is 3. The Kier molecular flexibility index (Phi) is 6.72. The van der Waals surface area contributed by atoms with Crippen LogP contribution in [0.5, 0.6) is 0 Å². The first kappa shape index (κ1) is 15.0. The SMILES string of the molecule is CCCC(O)CNC(=O)CNC(=O)C1CCCC1. The van der Waals surface area contributed by atoms with Crippen LogP contribution in [0, 0.1) is 5.92 Å². The molecule has 0 aromatic heterocycles. The highest BCUT2D eigenvalue weighted by molar-refractivity contribution is 5.85. The van der Waals surface area contributed by atoms with E-state index in [1.54, 1.807) is 0 Å². The van der Waals surface area contributed by atoms with Crippen LogP contribution in [0.25, 0.3) is 0 Å². The van der Waals surface area contributed by atoms with E-state index in [9.17, 15) is 14.7 Å². The van der Waals surface area contributed by atoms with Crippen molar-refractivity contribution >= 4 is 11.8 Å². The number of hydrogen-bond donors (Lipinski definition) is 3. The summed E-state index contributed by atoms with van der Waals surface area (Å²) in [6.45, 7) is 2.24. The van der Waals surface area contributed by atoms with E-state index in [4.69, 9.17) is 0 Å². The van der Waals surface area contributed by atoms with Crippen LogP contribution >= 0.6 is 0 Å². The molecule has 1 fully saturated rings. The minimum Gasteiger partial charge on any atom is -0.391 e. The maximum Gasteiger partial charge on any atom is 0.239 e. The van der Waals surface area contributed by atoms with E-state index in [1.165, 1.54) is 0 Å². The Morgan fingerprint density at radius 2 is 1.94 bits per heavy atom. The van der Waals surface area contributed by atoms with E-state index in [-0.39, 0.29) is 30.8 Å². The summed E-state index contributed by atoms with van der Waals surface area (Å²) in [5, 5.41) is 14.7. The fourth-order valence-corrected chi connectivity index (χ4v) is 2.23. The van der Waals surface area contributed by atoms with E-state index in [0.29, 0.717) is 6.42 Å². The number of carbonyl (C=O) groups is 2. The summed E-state index contributed by atoms with van der Waals surface area (Å²) < 4.78 is 0. The molecule has 1 unspecified atom stereocenters. The third-order valence-corrected chi connectivity index (χ3v) is 3.31. The van der Waals surface area contributed by atoms with Crippen LogP contribution in [0.2, 0.25) is 0 Å². The second-order valence-corrected chi connectivity index (χ2v) is 4.95. The summed E-state index contributed by atoms with van der Waals surface area (Å²) in [5.74, 6) is -0.170. The van der Waals surface area contributed by atoms with Gasteiger partial charge in [0.25, 0.3) is 0 Å². The minimum absolute atomic E-state index is 0.00811. The van der Waals surface area contributed by atoms with Crippen molar-refractivity contribution < 1.29 is 14.7 Å². The molecule has 1 aliphatic carbocycles. The zero-order valence-corrected chi connectivity index (χ0v) is 11.1. The molecular formula is C13H24N2O3. The van der Waals surface area contributed by atoms with Gasteiger partial charge < -0.3 is 15.7 Å². The van der Waals surface area contributed by atoms with Crippen LogP contribution < -0.4 is 10.6 Å². The van der Waals surface area contributed by atoms with Gasteiger partial charge in [0.1, 0.15) is 0 Å². The predicted octanol–water partition coefficient (Wildman–Crippen LogP) is 0.570. The molecule has 1 saturated carbocycles. The summed E-state index contributed by atoms with van der Waals surface area (Å²) in [6.07, 6.45) is 5.14. The lowest BCUT2D eigenvalue weighted by molar-refractivity contribution is -0.128. The summed E-state index contributed by atoms with van der Waals surface area (Å²) in [4.78, 5) is 23.1. The van der Waals surface area contributed by atoms with Crippen LogP contribution in [0.4, 0.5) is 0 Å². The molecule has 0 bridgehead atoms. The van der Waals surface area contributed by atoms with E-state index in [2.05, 4.69) is 10.6 Å². The van der Waals surface area contributed by atoms with Crippen LogP contribution in [-0.2, 0) is 9.59 Å². The number of carbonyl (C=O) groups excluding carboxylic acids is 2. The van der Waals surface area contributed by atoms with Gasteiger partial charge in [-0.05, 0) is 19.3 Å². The molecule has 0 radical (unpaired) electrons. The monoisotopic (exact) mass is 256 g/mol. The molecule has 3 N–H and O–H groups in total. The second kappa shape index (κ2) is 8.08. The molecule has 5 heteroatoms. The molecule has 0 spiro atoms. The quantitative estimate of drug-likeness (QED) is 0.623. The smallest absolute Gasteiger partial charge is 0.239 e. The lowest BCUT2D eigenvalue weighted by Crippen LogP contribution is -2.41. The van der Waals surface area contributed by atoms with E-state index in [0.717, 1.165) is 32.1 Å². The average molecular weight is 256 g/mol. The molecule has 104 valence electrons. The number of amides is 2. The molecule has 0 aromatic rings. The van der Waals surface area contributed by atoms with Gasteiger partial charge in [0.15, 0.2) is 0 Å². The number of rotatable bonds is 7. The van der Waals surface area contributed by atoms with Crippen molar-refractivity contribution in [3.63, 3.8) is 0 Å². The van der Waals surface area contributed by atoms with E-state index in [1.807, 2.05) is 6.92 Å². The van der Waals surface area contributed by atoms with Gasteiger partial charge >= 0.3 is 0 Å².